The summed E-state index contributed by atoms with van der Waals surface area (Å²) in [4.78, 5) is 14.2. The van der Waals surface area contributed by atoms with E-state index in [1.165, 1.54) is 12.8 Å². The van der Waals surface area contributed by atoms with E-state index in [0.29, 0.717) is 18.4 Å². The Balaban J connectivity index is 1.23. The van der Waals surface area contributed by atoms with Gasteiger partial charge < -0.3 is 15.3 Å². The van der Waals surface area contributed by atoms with Gasteiger partial charge in [-0.15, -0.1) is 10.2 Å². The van der Waals surface area contributed by atoms with Gasteiger partial charge in [-0.2, -0.15) is 5.21 Å². The quantitative estimate of drug-likeness (QED) is 0.493. The maximum absolute atomic E-state index is 12.3. The predicted octanol–water partition coefficient (Wildman–Crippen LogP) is 2.25. The van der Waals surface area contributed by atoms with Crippen molar-refractivity contribution in [3.8, 4) is 0 Å². The van der Waals surface area contributed by atoms with Gasteiger partial charge in [-0.05, 0) is 43.1 Å². The number of amides is 2. The number of rotatable bonds is 11. The fraction of sp³-hybridized carbons (Fsp3) is 0.545. The Labute approximate surface area is 176 Å². The normalized spacial score (nSPS) is 21.2. The molecule has 4 rings (SSSR count). The van der Waals surface area contributed by atoms with Crippen molar-refractivity contribution in [2.75, 3.05) is 13.1 Å². The van der Waals surface area contributed by atoms with Crippen molar-refractivity contribution in [3.05, 3.63) is 53.9 Å². The van der Waals surface area contributed by atoms with Gasteiger partial charge in [-0.25, -0.2) is 4.79 Å². The molecule has 8 nitrogen and oxygen atoms in total. The van der Waals surface area contributed by atoms with E-state index >= 15 is 0 Å². The summed E-state index contributed by atoms with van der Waals surface area (Å²) in [6, 6.07) is 9.92. The highest BCUT2D eigenvalue weighted by atomic mass is 16.3. The smallest absolute Gasteiger partial charge is 0.318 e. The first-order valence-corrected chi connectivity index (χ1v) is 10.8. The minimum atomic E-state index is -0.551. The van der Waals surface area contributed by atoms with Crippen LogP contribution in [0.15, 0.2) is 42.5 Å². The first-order chi connectivity index (χ1) is 14.6. The van der Waals surface area contributed by atoms with Crippen LogP contribution in [0.3, 0.4) is 0 Å². The molecule has 1 aromatic heterocycles. The Kier molecular flexibility index (Phi) is 6.42. The largest absolute Gasteiger partial charge is 0.389 e. The summed E-state index contributed by atoms with van der Waals surface area (Å²) in [5.74, 6) is 0.777. The van der Waals surface area contributed by atoms with Crippen molar-refractivity contribution >= 4 is 6.03 Å². The summed E-state index contributed by atoms with van der Waals surface area (Å²) < 4.78 is 0. The van der Waals surface area contributed by atoms with Gasteiger partial charge in [0.05, 0.1) is 12.1 Å². The van der Waals surface area contributed by atoms with Crippen LogP contribution in [0.25, 0.3) is 0 Å². The zero-order valence-electron chi connectivity index (χ0n) is 17.2. The molecule has 160 valence electrons. The van der Waals surface area contributed by atoms with Gasteiger partial charge in [-0.3, -0.25) is 0 Å². The number of aliphatic hydroxyl groups is 1. The van der Waals surface area contributed by atoms with Crippen molar-refractivity contribution in [1.29, 1.82) is 0 Å². The lowest BCUT2D eigenvalue weighted by Gasteiger charge is -2.22. The average molecular weight is 411 g/mol. The van der Waals surface area contributed by atoms with E-state index in [0.717, 1.165) is 43.6 Å². The maximum Gasteiger partial charge on any atom is 0.318 e. The standard InChI is InChI=1S/C22H30N6O2/c29-19(15-17-5-2-1-3-6-17)8-7-18-16-23-21(30)28(18)14-4-10-22(12-13-22)11-9-20-24-26-27-25-20/h1-3,5-8,18-19,29H,4,9-16H2,(H,23,30)(H,24,25,26,27)/t18-,19?/m0/s1. The van der Waals surface area contributed by atoms with Crippen LogP contribution in [0, 0.1) is 5.41 Å². The summed E-state index contributed by atoms with van der Waals surface area (Å²) in [6.45, 7) is 1.33. The van der Waals surface area contributed by atoms with E-state index in [2.05, 4.69) is 25.9 Å². The van der Waals surface area contributed by atoms with Crippen LogP contribution in [0.5, 0.6) is 0 Å². The number of aromatic amines is 1. The molecule has 30 heavy (non-hydrogen) atoms. The Morgan fingerprint density at radius 3 is 2.83 bits per heavy atom. The molecule has 2 fully saturated rings. The van der Waals surface area contributed by atoms with E-state index in [1.807, 2.05) is 47.4 Å². The van der Waals surface area contributed by atoms with Crippen molar-refractivity contribution in [2.24, 2.45) is 5.41 Å². The summed E-state index contributed by atoms with van der Waals surface area (Å²) in [5.41, 5.74) is 1.48. The van der Waals surface area contributed by atoms with E-state index in [9.17, 15) is 9.90 Å². The molecule has 1 aromatic carbocycles. The number of hydrogen-bond donors (Lipinski definition) is 3. The van der Waals surface area contributed by atoms with E-state index < -0.39 is 6.10 Å². The first kappa shape index (κ1) is 20.5. The number of urea groups is 1. The van der Waals surface area contributed by atoms with Crippen LogP contribution < -0.4 is 5.32 Å². The minimum Gasteiger partial charge on any atom is -0.389 e. The number of carbonyl (C=O) groups is 1. The van der Waals surface area contributed by atoms with Gasteiger partial charge in [0, 0.05) is 25.9 Å². The lowest BCUT2D eigenvalue weighted by molar-refractivity contribution is 0.205. The molecule has 0 radical (unpaired) electrons. The number of aryl methyl sites for hydroxylation is 1. The Hall–Kier alpha value is -2.74. The van der Waals surface area contributed by atoms with Crippen LogP contribution in [-0.4, -0.2) is 61.9 Å². The molecular formula is C22H30N6O2. The molecular weight excluding hydrogens is 380 g/mol. The number of benzene rings is 1. The van der Waals surface area contributed by atoms with Gasteiger partial charge >= 0.3 is 6.03 Å². The highest BCUT2D eigenvalue weighted by Gasteiger charge is 2.41. The topological polar surface area (TPSA) is 107 Å². The Morgan fingerprint density at radius 2 is 2.10 bits per heavy atom. The number of hydrogen-bond acceptors (Lipinski definition) is 5. The fourth-order valence-electron chi connectivity index (χ4n) is 4.27. The average Bonchev–Trinajstić information content (AvgIpc) is 3.15. The van der Waals surface area contributed by atoms with Crippen LogP contribution in [0.4, 0.5) is 4.79 Å². The van der Waals surface area contributed by atoms with Crippen molar-refractivity contribution in [1.82, 2.24) is 30.8 Å². The van der Waals surface area contributed by atoms with Gasteiger partial charge in [0.15, 0.2) is 5.82 Å². The third-order valence-corrected chi connectivity index (χ3v) is 6.30. The molecule has 1 aliphatic carbocycles. The van der Waals surface area contributed by atoms with E-state index in [-0.39, 0.29) is 12.1 Å². The third kappa shape index (κ3) is 5.44. The number of nitrogens with zero attached hydrogens (tertiary/aromatic N) is 4. The summed E-state index contributed by atoms with van der Waals surface area (Å²) >= 11 is 0. The van der Waals surface area contributed by atoms with Gasteiger partial charge in [0.25, 0.3) is 0 Å². The highest BCUT2D eigenvalue weighted by molar-refractivity contribution is 5.77. The maximum atomic E-state index is 12.3. The minimum absolute atomic E-state index is 0.00240. The van der Waals surface area contributed by atoms with Crippen LogP contribution in [0.2, 0.25) is 0 Å². The second kappa shape index (κ2) is 9.38. The first-order valence-electron chi connectivity index (χ1n) is 10.8. The molecule has 8 heteroatoms. The van der Waals surface area contributed by atoms with Crippen LogP contribution >= 0.6 is 0 Å². The lowest BCUT2D eigenvalue weighted by atomic mass is 9.94. The number of aliphatic hydroxyl groups excluding tert-OH is 1. The molecule has 2 amide bonds. The molecule has 1 unspecified atom stereocenters. The number of H-pyrrole nitrogens is 1. The molecule has 1 saturated carbocycles. The number of carbonyl (C=O) groups excluding carboxylic acids is 1. The van der Waals surface area contributed by atoms with Crippen molar-refractivity contribution in [2.45, 2.75) is 57.1 Å². The summed E-state index contributed by atoms with van der Waals surface area (Å²) in [5, 5.41) is 27.4. The molecule has 1 aliphatic heterocycles. The van der Waals surface area contributed by atoms with Gasteiger partial charge in [-0.1, -0.05) is 47.7 Å². The van der Waals surface area contributed by atoms with Gasteiger partial charge in [0.2, 0.25) is 0 Å². The predicted molar refractivity (Wildman–Crippen MR) is 113 cm³/mol. The fourth-order valence-corrected chi connectivity index (χ4v) is 4.27. The Morgan fingerprint density at radius 1 is 1.27 bits per heavy atom. The summed E-state index contributed by atoms with van der Waals surface area (Å²) in [6.07, 6.45) is 10.3. The molecule has 3 N–H and O–H groups in total. The van der Waals surface area contributed by atoms with Crippen LogP contribution in [-0.2, 0) is 12.8 Å². The molecule has 2 atom stereocenters. The SMILES string of the molecule is O=C1NC[C@H](C=CC(O)Cc2ccccc2)N1CCCC1(CCc2nn[nH]n2)CC1. The molecule has 0 spiro atoms. The number of tetrazole rings is 1. The van der Waals surface area contributed by atoms with E-state index in [1.54, 1.807) is 0 Å². The number of nitrogens with one attached hydrogen (secondary N) is 2. The molecule has 0 bridgehead atoms. The van der Waals surface area contributed by atoms with E-state index in [4.69, 9.17) is 0 Å². The van der Waals surface area contributed by atoms with Crippen LogP contribution in [0.1, 0.15) is 43.5 Å². The molecule has 2 heterocycles. The zero-order chi connectivity index (χ0) is 20.8. The van der Waals surface area contributed by atoms with Crippen molar-refractivity contribution < 1.29 is 9.90 Å². The number of aromatic nitrogens is 4. The highest BCUT2D eigenvalue weighted by Crippen LogP contribution is 2.53. The lowest BCUT2D eigenvalue weighted by Crippen LogP contribution is -2.34. The second-order valence-corrected chi connectivity index (χ2v) is 8.52. The second-order valence-electron chi connectivity index (χ2n) is 8.52. The summed E-state index contributed by atoms with van der Waals surface area (Å²) in [7, 11) is 0. The molecule has 1 saturated heterocycles. The van der Waals surface area contributed by atoms with Crippen molar-refractivity contribution in [3.63, 3.8) is 0 Å². The molecule has 2 aliphatic rings. The monoisotopic (exact) mass is 410 g/mol. The molecule has 2 aromatic rings. The zero-order valence-corrected chi connectivity index (χ0v) is 17.2. The third-order valence-electron chi connectivity index (χ3n) is 6.30. The Bertz CT molecular complexity index is 835. The van der Waals surface area contributed by atoms with Gasteiger partial charge in [0.1, 0.15) is 0 Å².